The Morgan fingerprint density at radius 2 is 1.62 bits per heavy atom. The summed E-state index contributed by atoms with van der Waals surface area (Å²) in [6, 6.07) is 26.1. The van der Waals surface area contributed by atoms with E-state index in [1.165, 1.54) is 52.4 Å². The zero-order valence-electron chi connectivity index (χ0n) is 20.6. The summed E-state index contributed by atoms with van der Waals surface area (Å²) in [7, 11) is 0. The lowest BCUT2D eigenvalue weighted by Gasteiger charge is -2.19. The summed E-state index contributed by atoms with van der Waals surface area (Å²) in [5.74, 6) is 0. The van der Waals surface area contributed by atoms with Crippen molar-refractivity contribution in [1.82, 2.24) is 0 Å². The molecule has 6 rings (SSSR count). The van der Waals surface area contributed by atoms with Gasteiger partial charge in [0.2, 0.25) is 5.52 Å². The van der Waals surface area contributed by atoms with Crippen molar-refractivity contribution in [3.63, 3.8) is 0 Å². The average molecular weight is 653 g/mol. The second-order valence-electron chi connectivity index (χ2n) is 8.69. The van der Waals surface area contributed by atoms with Crippen molar-refractivity contribution >= 4 is 78.2 Å². The van der Waals surface area contributed by atoms with Crippen LogP contribution in [0.3, 0.4) is 0 Å². The van der Waals surface area contributed by atoms with Gasteiger partial charge in [0.05, 0.1) is 16.1 Å². The standard InChI is InChI=1S/C31H26ClN2S2.HI/c1-3-33-28(35-26-17-13-21-9-5-7-11-24(21)30(26)33)19-15-23(32)16-20-29-34(4-2)31-25-12-8-6-10-22(25)14-18-27(31)36-29;/h5-20H,3-4H2,1-2H3;1H/q+1;/p-1. The van der Waals surface area contributed by atoms with Crippen molar-refractivity contribution in [1.29, 1.82) is 0 Å². The zero-order valence-corrected chi connectivity index (χ0v) is 25.2. The Hall–Kier alpha value is -2.32. The number of thiazole rings is 1. The van der Waals surface area contributed by atoms with Gasteiger partial charge in [-0.15, -0.1) is 0 Å². The molecule has 0 amide bonds. The Labute approximate surface area is 248 Å². The summed E-state index contributed by atoms with van der Waals surface area (Å²) in [4.78, 5) is 3.68. The molecule has 0 saturated heterocycles. The number of hydrogen-bond donors (Lipinski definition) is 0. The molecule has 0 N–H and O–H groups in total. The first-order chi connectivity index (χ1) is 17.7. The third-order valence-electron chi connectivity index (χ3n) is 6.63. The van der Waals surface area contributed by atoms with Crippen molar-refractivity contribution in [2.24, 2.45) is 0 Å². The van der Waals surface area contributed by atoms with Crippen LogP contribution in [0.5, 0.6) is 0 Å². The lowest BCUT2D eigenvalue weighted by molar-refractivity contribution is -0.664. The van der Waals surface area contributed by atoms with Crippen LogP contribution in [0.4, 0.5) is 5.69 Å². The van der Waals surface area contributed by atoms with E-state index in [-0.39, 0.29) is 24.0 Å². The van der Waals surface area contributed by atoms with Crippen LogP contribution in [0, 0.1) is 0 Å². The number of anilines is 1. The summed E-state index contributed by atoms with van der Waals surface area (Å²) < 4.78 is 3.68. The highest BCUT2D eigenvalue weighted by Gasteiger charge is 2.25. The van der Waals surface area contributed by atoms with E-state index < -0.39 is 0 Å². The maximum atomic E-state index is 6.69. The lowest BCUT2D eigenvalue weighted by Crippen LogP contribution is -3.00. The monoisotopic (exact) mass is 652 g/mol. The van der Waals surface area contributed by atoms with E-state index in [2.05, 4.69) is 108 Å². The second-order valence-corrected chi connectivity index (χ2v) is 11.2. The Kier molecular flexibility index (Phi) is 7.96. The Balaban J connectivity index is 0.00000280. The number of hydrogen-bond acceptors (Lipinski definition) is 3. The minimum Gasteiger partial charge on any atom is -1.00 e. The maximum Gasteiger partial charge on any atom is 0.262 e. The smallest absolute Gasteiger partial charge is 0.262 e. The minimum atomic E-state index is 0. The van der Waals surface area contributed by atoms with Crippen molar-refractivity contribution < 1.29 is 28.5 Å². The number of benzene rings is 4. The number of aryl methyl sites for hydroxylation is 1. The molecular formula is C31H26ClIN2S2. The molecule has 0 bridgehead atoms. The molecule has 0 radical (unpaired) electrons. The predicted molar refractivity (Wildman–Crippen MR) is 159 cm³/mol. The molecule has 1 aromatic heterocycles. The van der Waals surface area contributed by atoms with Gasteiger partial charge in [-0.05, 0) is 61.0 Å². The van der Waals surface area contributed by atoms with Gasteiger partial charge in [0.25, 0.3) is 5.01 Å². The molecule has 5 aromatic rings. The molecule has 186 valence electrons. The molecule has 0 unspecified atom stereocenters. The number of nitrogens with zero attached hydrogens (tertiary/aromatic N) is 2. The molecule has 0 aliphatic carbocycles. The summed E-state index contributed by atoms with van der Waals surface area (Å²) >= 11 is 10.3. The van der Waals surface area contributed by atoms with Crippen molar-refractivity contribution in [2.45, 2.75) is 25.3 Å². The van der Waals surface area contributed by atoms with Gasteiger partial charge in [-0.3, -0.25) is 0 Å². The van der Waals surface area contributed by atoms with Gasteiger partial charge in [-0.25, -0.2) is 0 Å². The molecule has 0 saturated carbocycles. The third-order valence-corrected chi connectivity index (χ3v) is 9.11. The van der Waals surface area contributed by atoms with Gasteiger partial charge in [-0.2, -0.15) is 4.57 Å². The van der Waals surface area contributed by atoms with Gasteiger partial charge < -0.3 is 28.9 Å². The molecule has 2 nitrogen and oxygen atoms in total. The number of thioether (sulfide) groups is 1. The second kappa shape index (κ2) is 11.2. The van der Waals surface area contributed by atoms with E-state index in [9.17, 15) is 0 Å². The normalized spacial score (nSPS) is 14.8. The van der Waals surface area contributed by atoms with Crippen LogP contribution in [-0.4, -0.2) is 6.54 Å². The molecule has 1 aliphatic rings. The van der Waals surface area contributed by atoms with Crippen LogP contribution in [0.25, 0.3) is 37.8 Å². The zero-order chi connectivity index (χ0) is 24.6. The van der Waals surface area contributed by atoms with E-state index >= 15 is 0 Å². The molecule has 0 atom stereocenters. The van der Waals surface area contributed by atoms with E-state index in [1.807, 2.05) is 35.3 Å². The van der Waals surface area contributed by atoms with Crippen LogP contribution < -0.4 is 33.4 Å². The third kappa shape index (κ3) is 4.83. The van der Waals surface area contributed by atoms with Crippen molar-refractivity contribution in [2.75, 3.05) is 11.4 Å². The van der Waals surface area contributed by atoms with Crippen LogP contribution in [-0.2, 0) is 6.54 Å². The molecule has 1 aliphatic heterocycles. The van der Waals surface area contributed by atoms with E-state index in [0.29, 0.717) is 5.03 Å². The fourth-order valence-corrected chi connectivity index (χ4v) is 7.40. The van der Waals surface area contributed by atoms with E-state index in [0.717, 1.165) is 13.1 Å². The number of rotatable bonds is 5. The Morgan fingerprint density at radius 3 is 2.38 bits per heavy atom. The molecule has 37 heavy (non-hydrogen) atoms. The van der Waals surface area contributed by atoms with E-state index in [1.54, 1.807) is 0 Å². The molecule has 6 heteroatoms. The Morgan fingerprint density at radius 1 is 0.919 bits per heavy atom. The van der Waals surface area contributed by atoms with Gasteiger partial charge in [-0.1, -0.05) is 89.3 Å². The fraction of sp³-hybridized carbons (Fsp3) is 0.129. The highest BCUT2D eigenvalue weighted by Crippen LogP contribution is 2.49. The number of allylic oxidation sites excluding steroid dienone is 4. The van der Waals surface area contributed by atoms with Crippen LogP contribution in [0.15, 0.2) is 106 Å². The Bertz CT molecular complexity index is 1720. The van der Waals surface area contributed by atoms with Gasteiger partial charge in [0.1, 0.15) is 11.2 Å². The topological polar surface area (TPSA) is 7.12 Å². The highest BCUT2D eigenvalue weighted by molar-refractivity contribution is 8.03. The van der Waals surface area contributed by atoms with Gasteiger partial charge in [0, 0.05) is 27.9 Å². The largest absolute Gasteiger partial charge is 1.00 e. The SMILES string of the molecule is CCN1\C(=C/C=C(Cl)/C=C/c2sc3ccc4ccccc4c3[n+]2CC)Sc2ccc3ccccc3c21.[I-]. The van der Waals surface area contributed by atoms with Crippen LogP contribution >= 0.6 is 34.7 Å². The molecular weight excluding hydrogens is 627 g/mol. The minimum absolute atomic E-state index is 0. The summed E-state index contributed by atoms with van der Waals surface area (Å²) in [5.41, 5.74) is 2.60. The highest BCUT2D eigenvalue weighted by atomic mass is 127. The first kappa shape index (κ1) is 26.3. The predicted octanol–water partition coefficient (Wildman–Crippen LogP) is 6.13. The maximum absolute atomic E-state index is 6.69. The fourth-order valence-electron chi connectivity index (χ4n) is 4.98. The molecule has 4 aromatic carbocycles. The molecule has 0 spiro atoms. The first-order valence-corrected chi connectivity index (χ1v) is 14.3. The van der Waals surface area contributed by atoms with Gasteiger partial charge in [0.15, 0.2) is 0 Å². The molecule has 0 fully saturated rings. The summed E-state index contributed by atoms with van der Waals surface area (Å²) in [6.07, 6.45) is 8.30. The quantitative estimate of drug-likeness (QED) is 0.128. The van der Waals surface area contributed by atoms with Crippen LogP contribution in [0.2, 0.25) is 0 Å². The number of halogens is 2. The lowest BCUT2D eigenvalue weighted by atomic mass is 10.1. The van der Waals surface area contributed by atoms with Gasteiger partial charge >= 0.3 is 0 Å². The number of fused-ring (bicyclic) bond motifs is 6. The summed E-state index contributed by atoms with van der Waals surface area (Å²) in [6.45, 7) is 6.22. The van der Waals surface area contributed by atoms with E-state index in [4.69, 9.17) is 11.6 Å². The first-order valence-electron chi connectivity index (χ1n) is 12.2. The van der Waals surface area contributed by atoms with Crippen LogP contribution in [0.1, 0.15) is 18.9 Å². The molecule has 2 heterocycles. The average Bonchev–Trinajstić information content (AvgIpc) is 3.48. The summed E-state index contributed by atoms with van der Waals surface area (Å²) in [5, 5.41) is 8.25. The van der Waals surface area contributed by atoms with Crippen molar-refractivity contribution in [3.05, 3.63) is 106 Å². The number of aromatic nitrogens is 1. The van der Waals surface area contributed by atoms with Crippen molar-refractivity contribution in [3.8, 4) is 0 Å².